The summed E-state index contributed by atoms with van der Waals surface area (Å²) in [4.78, 5) is 14.6. The standard InChI is InChI=1S/C20H27NO3/c1-13(2)17-11-18-15(12-24-19(18)9-14(17)3)10-20(22)21-7-5-16(23-4)6-8-21/h9,11-13,16H,5-8,10H2,1-4H3. The van der Waals surface area contributed by atoms with E-state index in [0.717, 1.165) is 42.5 Å². The monoisotopic (exact) mass is 329 g/mol. The molecule has 0 saturated carbocycles. The Morgan fingerprint density at radius 2 is 2.04 bits per heavy atom. The molecule has 0 N–H and O–H groups in total. The van der Waals surface area contributed by atoms with Gasteiger partial charge in [-0.2, -0.15) is 0 Å². The molecule has 1 aliphatic heterocycles. The van der Waals surface area contributed by atoms with Gasteiger partial charge in [0.05, 0.1) is 18.8 Å². The van der Waals surface area contributed by atoms with Crippen LogP contribution < -0.4 is 0 Å². The lowest BCUT2D eigenvalue weighted by atomic mass is 9.95. The summed E-state index contributed by atoms with van der Waals surface area (Å²) >= 11 is 0. The Balaban J connectivity index is 1.78. The van der Waals surface area contributed by atoms with Crippen LogP contribution in [0.5, 0.6) is 0 Å². The van der Waals surface area contributed by atoms with Crippen LogP contribution in [0.2, 0.25) is 0 Å². The van der Waals surface area contributed by atoms with E-state index < -0.39 is 0 Å². The molecule has 0 spiro atoms. The molecular weight excluding hydrogens is 302 g/mol. The fraction of sp³-hybridized carbons (Fsp3) is 0.550. The van der Waals surface area contributed by atoms with Gasteiger partial charge in [-0.15, -0.1) is 0 Å². The van der Waals surface area contributed by atoms with E-state index in [4.69, 9.17) is 9.15 Å². The van der Waals surface area contributed by atoms with E-state index in [2.05, 4.69) is 32.9 Å². The number of piperidine rings is 1. The van der Waals surface area contributed by atoms with Crippen molar-refractivity contribution in [2.75, 3.05) is 20.2 Å². The smallest absolute Gasteiger partial charge is 0.227 e. The van der Waals surface area contributed by atoms with Gasteiger partial charge in [-0.1, -0.05) is 13.8 Å². The third-order valence-corrected chi connectivity index (χ3v) is 5.13. The first kappa shape index (κ1) is 17.0. The van der Waals surface area contributed by atoms with Crippen molar-refractivity contribution < 1.29 is 13.9 Å². The SMILES string of the molecule is COC1CCN(C(=O)Cc2coc3cc(C)c(C(C)C)cc23)CC1. The molecule has 3 rings (SSSR count). The van der Waals surface area contributed by atoms with E-state index in [0.29, 0.717) is 18.4 Å². The highest BCUT2D eigenvalue weighted by Gasteiger charge is 2.23. The van der Waals surface area contributed by atoms with Crippen LogP contribution in [0.25, 0.3) is 11.0 Å². The minimum Gasteiger partial charge on any atom is -0.464 e. The predicted molar refractivity (Wildman–Crippen MR) is 95.4 cm³/mol. The number of hydrogen-bond donors (Lipinski definition) is 0. The van der Waals surface area contributed by atoms with E-state index in [-0.39, 0.29) is 5.91 Å². The molecule has 0 atom stereocenters. The number of aryl methyl sites for hydroxylation is 1. The van der Waals surface area contributed by atoms with Crippen molar-refractivity contribution in [2.45, 2.75) is 52.1 Å². The van der Waals surface area contributed by atoms with Gasteiger partial charge >= 0.3 is 0 Å². The van der Waals surface area contributed by atoms with E-state index in [1.54, 1.807) is 13.4 Å². The molecule has 4 nitrogen and oxygen atoms in total. The van der Waals surface area contributed by atoms with E-state index in [1.807, 2.05) is 4.90 Å². The topological polar surface area (TPSA) is 42.7 Å². The van der Waals surface area contributed by atoms with Crippen LogP contribution in [0, 0.1) is 6.92 Å². The number of nitrogens with zero attached hydrogens (tertiary/aromatic N) is 1. The third kappa shape index (κ3) is 3.34. The average Bonchev–Trinajstić information content (AvgIpc) is 2.95. The second kappa shape index (κ2) is 6.98. The van der Waals surface area contributed by atoms with Crippen molar-refractivity contribution in [1.29, 1.82) is 0 Å². The summed E-state index contributed by atoms with van der Waals surface area (Å²) in [5.41, 5.74) is 4.42. The van der Waals surface area contributed by atoms with Gasteiger partial charge in [0.15, 0.2) is 0 Å². The molecule has 0 unspecified atom stereocenters. The normalized spacial score (nSPS) is 16.3. The minimum absolute atomic E-state index is 0.180. The molecule has 0 bridgehead atoms. The fourth-order valence-corrected chi connectivity index (χ4v) is 3.62. The van der Waals surface area contributed by atoms with E-state index >= 15 is 0 Å². The number of fused-ring (bicyclic) bond motifs is 1. The van der Waals surface area contributed by atoms with Crippen molar-refractivity contribution in [3.05, 3.63) is 35.1 Å². The highest BCUT2D eigenvalue weighted by molar-refractivity contribution is 5.88. The first-order valence-electron chi connectivity index (χ1n) is 8.80. The van der Waals surface area contributed by atoms with Gasteiger partial charge < -0.3 is 14.1 Å². The van der Waals surface area contributed by atoms with Gasteiger partial charge in [-0.25, -0.2) is 0 Å². The molecule has 1 aliphatic rings. The summed E-state index contributed by atoms with van der Waals surface area (Å²) in [6, 6.07) is 4.28. The van der Waals surface area contributed by atoms with Crippen LogP contribution >= 0.6 is 0 Å². The Morgan fingerprint density at radius 3 is 2.67 bits per heavy atom. The Kier molecular flexibility index (Phi) is 4.95. The van der Waals surface area contributed by atoms with Crippen molar-refractivity contribution in [1.82, 2.24) is 4.90 Å². The second-order valence-corrected chi connectivity index (χ2v) is 7.11. The van der Waals surface area contributed by atoms with Gasteiger partial charge in [0, 0.05) is 31.1 Å². The summed E-state index contributed by atoms with van der Waals surface area (Å²) in [6.45, 7) is 8.06. The average molecular weight is 329 g/mol. The Morgan fingerprint density at radius 1 is 1.33 bits per heavy atom. The Hall–Kier alpha value is -1.81. The second-order valence-electron chi connectivity index (χ2n) is 7.11. The van der Waals surface area contributed by atoms with Crippen molar-refractivity contribution in [3.63, 3.8) is 0 Å². The maximum absolute atomic E-state index is 12.6. The lowest BCUT2D eigenvalue weighted by Crippen LogP contribution is -2.41. The molecule has 1 saturated heterocycles. The minimum atomic E-state index is 0.180. The molecule has 2 aromatic rings. The zero-order chi connectivity index (χ0) is 17.3. The third-order valence-electron chi connectivity index (χ3n) is 5.13. The van der Waals surface area contributed by atoms with Crippen LogP contribution in [0.1, 0.15) is 49.3 Å². The quantitative estimate of drug-likeness (QED) is 0.850. The van der Waals surface area contributed by atoms with Gasteiger partial charge in [-0.05, 0) is 48.9 Å². The largest absolute Gasteiger partial charge is 0.464 e. The number of furan rings is 1. The summed E-state index contributed by atoms with van der Waals surface area (Å²) in [5.74, 6) is 0.639. The summed E-state index contributed by atoms with van der Waals surface area (Å²) in [7, 11) is 1.74. The maximum atomic E-state index is 12.6. The predicted octanol–water partition coefficient (Wildman–Crippen LogP) is 4.04. The zero-order valence-electron chi connectivity index (χ0n) is 15.1. The number of methoxy groups -OCH3 is 1. The number of carbonyl (C=O) groups excluding carboxylic acids is 1. The van der Waals surface area contributed by atoms with E-state index in [1.165, 1.54) is 11.1 Å². The lowest BCUT2D eigenvalue weighted by Gasteiger charge is -2.31. The van der Waals surface area contributed by atoms with E-state index in [9.17, 15) is 4.79 Å². The molecule has 1 aromatic carbocycles. The van der Waals surface area contributed by atoms with Crippen LogP contribution in [0.15, 0.2) is 22.8 Å². The number of carbonyl (C=O) groups is 1. The summed E-state index contributed by atoms with van der Waals surface area (Å²) < 4.78 is 11.1. The number of hydrogen-bond acceptors (Lipinski definition) is 3. The van der Waals surface area contributed by atoms with Crippen molar-refractivity contribution >= 4 is 16.9 Å². The van der Waals surface area contributed by atoms with Crippen LogP contribution in [0.4, 0.5) is 0 Å². The van der Waals surface area contributed by atoms with Crippen molar-refractivity contribution in [3.8, 4) is 0 Å². The lowest BCUT2D eigenvalue weighted by molar-refractivity contribution is -0.132. The van der Waals surface area contributed by atoms with Gasteiger partial charge in [0.2, 0.25) is 5.91 Å². The van der Waals surface area contributed by atoms with Crippen LogP contribution in [-0.2, 0) is 16.0 Å². The van der Waals surface area contributed by atoms with Gasteiger partial charge in [-0.3, -0.25) is 4.79 Å². The Bertz CT molecular complexity index is 724. The number of ether oxygens (including phenoxy) is 1. The number of rotatable bonds is 4. The molecule has 1 aromatic heterocycles. The maximum Gasteiger partial charge on any atom is 0.227 e. The zero-order valence-corrected chi connectivity index (χ0v) is 15.1. The van der Waals surface area contributed by atoms with Crippen LogP contribution in [0.3, 0.4) is 0 Å². The molecule has 4 heteroatoms. The van der Waals surface area contributed by atoms with Crippen LogP contribution in [-0.4, -0.2) is 37.1 Å². The molecule has 1 fully saturated rings. The molecular formula is C20H27NO3. The summed E-state index contributed by atoms with van der Waals surface area (Å²) in [5, 5.41) is 1.07. The molecule has 130 valence electrons. The molecule has 0 aliphatic carbocycles. The number of amides is 1. The molecule has 0 radical (unpaired) electrons. The van der Waals surface area contributed by atoms with Crippen molar-refractivity contribution in [2.24, 2.45) is 0 Å². The van der Waals surface area contributed by atoms with Gasteiger partial charge in [0.25, 0.3) is 0 Å². The number of benzene rings is 1. The highest BCUT2D eigenvalue weighted by atomic mass is 16.5. The molecule has 2 heterocycles. The Labute approximate surface area is 143 Å². The first-order valence-corrected chi connectivity index (χ1v) is 8.80. The van der Waals surface area contributed by atoms with Gasteiger partial charge in [0.1, 0.15) is 5.58 Å². The highest BCUT2D eigenvalue weighted by Crippen LogP contribution is 2.29. The molecule has 24 heavy (non-hydrogen) atoms. The number of likely N-dealkylation sites (tertiary alicyclic amines) is 1. The summed E-state index contributed by atoms with van der Waals surface area (Å²) in [6.07, 6.45) is 4.29. The first-order chi connectivity index (χ1) is 11.5. The fourth-order valence-electron chi connectivity index (χ4n) is 3.62. The molecule has 1 amide bonds.